The van der Waals surface area contributed by atoms with Crippen LogP contribution in [0.1, 0.15) is 43.5 Å². The maximum Gasteiger partial charge on any atom is 0.338 e. The fourth-order valence-corrected chi connectivity index (χ4v) is 4.64. The van der Waals surface area contributed by atoms with Crippen LogP contribution in [0.5, 0.6) is 5.75 Å². The molecule has 178 valence electrons. The highest BCUT2D eigenvalue weighted by Crippen LogP contribution is 2.42. The van der Waals surface area contributed by atoms with Crippen molar-refractivity contribution in [3.8, 4) is 5.75 Å². The fraction of sp³-hybridized carbons (Fsp3) is 0.385. The molecule has 0 radical (unpaired) electrons. The number of fused-ring (bicyclic) bond motifs is 1. The first kappa shape index (κ1) is 23.5. The summed E-state index contributed by atoms with van der Waals surface area (Å²) in [5.41, 5.74) is 1.15. The van der Waals surface area contributed by atoms with Crippen molar-refractivity contribution in [2.24, 2.45) is 17.8 Å². The second-order valence-electron chi connectivity index (χ2n) is 8.74. The number of para-hydroxylation sites is 2. The van der Waals surface area contributed by atoms with Gasteiger partial charge in [0.05, 0.1) is 35.4 Å². The van der Waals surface area contributed by atoms with Gasteiger partial charge >= 0.3 is 5.97 Å². The van der Waals surface area contributed by atoms with Crippen LogP contribution in [0.15, 0.2) is 48.5 Å². The number of benzene rings is 2. The first-order valence-electron chi connectivity index (χ1n) is 11.6. The number of hydrogen-bond acceptors (Lipinski definition) is 6. The van der Waals surface area contributed by atoms with Crippen molar-refractivity contribution in [1.29, 1.82) is 0 Å². The number of imide groups is 1. The number of rotatable bonds is 7. The van der Waals surface area contributed by atoms with E-state index in [0.717, 1.165) is 19.3 Å². The van der Waals surface area contributed by atoms with Crippen molar-refractivity contribution in [3.05, 3.63) is 54.1 Å². The third-order valence-corrected chi connectivity index (χ3v) is 6.34. The zero-order valence-electron chi connectivity index (χ0n) is 19.3. The third kappa shape index (κ3) is 4.81. The summed E-state index contributed by atoms with van der Waals surface area (Å²) >= 11 is 0. The van der Waals surface area contributed by atoms with E-state index in [1.165, 1.54) is 17.0 Å². The maximum atomic E-state index is 12.9. The van der Waals surface area contributed by atoms with E-state index < -0.39 is 18.5 Å². The maximum absolute atomic E-state index is 12.9. The van der Waals surface area contributed by atoms with Gasteiger partial charge in [0.2, 0.25) is 11.8 Å². The minimum absolute atomic E-state index is 0.166. The van der Waals surface area contributed by atoms with Crippen molar-refractivity contribution in [2.45, 2.75) is 33.1 Å². The summed E-state index contributed by atoms with van der Waals surface area (Å²) in [7, 11) is 0. The van der Waals surface area contributed by atoms with Crippen LogP contribution in [-0.4, -0.2) is 36.9 Å². The number of carbonyl (C=O) groups excluding carboxylic acids is 4. The van der Waals surface area contributed by atoms with Gasteiger partial charge < -0.3 is 14.8 Å². The van der Waals surface area contributed by atoms with Gasteiger partial charge in [0.15, 0.2) is 6.61 Å². The second-order valence-corrected chi connectivity index (χ2v) is 8.74. The quantitative estimate of drug-likeness (QED) is 0.494. The highest BCUT2D eigenvalue weighted by molar-refractivity contribution is 6.22. The lowest BCUT2D eigenvalue weighted by Crippen LogP contribution is -2.30. The van der Waals surface area contributed by atoms with Crippen LogP contribution in [0.2, 0.25) is 0 Å². The highest BCUT2D eigenvalue weighted by Gasteiger charge is 2.49. The summed E-state index contributed by atoms with van der Waals surface area (Å²) in [5, 5.41) is 2.66. The predicted molar refractivity (Wildman–Crippen MR) is 125 cm³/mol. The van der Waals surface area contributed by atoms with Crippen LogP contribution >= 0.6 is 0 Å². The van der Waals surface area contributed by atoms with Crippen molar-refractivity contribution >= 4 is 35.1 Å². The summed E-state index contributed by atoms with van der Waals surface area (Å²) in [4.78, 5) is 51.6. The number of hydrogen-bond donors (Lipinski definition) is 1. The van der Waals surface area contributed by atoms with Crippen molar-refractivity contribution < 1.29 is 28.7 Å². The lowest BCUT2D eigenvalue weighted by Gasteiger charge is -2.25. The first-order valence-corrected chi connectivity index (χ1v) is 11.6. The summed E-state index contributed by atoms with van der Waals surface area (Å²) < 4.78 is 10.6. The Morgan fingerprint density at radius 3 is 2.44 bits per heavy atom. The molecule has 3 amide bonds. The third-order valence-electron chi connectivity index (χ3n) is 6.34. The van der Waals surface area contributed by atoms with Crippen LogP contribution in [0.25, 0.3) is 0 Å². The first-order chi connectivity index (χ1) is 16.4. The van der Waals surface area contributed by atoms with Gasteiger partial charge in [-0.3, -0.25) is 19.3 Å². The molecular formula is C26H28N2O6. The molecule has 1 aliphatic carbocycles. The van der Waals surface area contributed by atoms with Crippen molar-refractivity contribution in [2.75, 3.05) is 23.4 Å². The molecule has 8 nitrogen and oxygen atoms in total. The summed E-state index contributed by atoms with van der Waals surface area (Å²) in [5.74, 6) is -1.06. The number of nitrogens with one attached hydrogen (secondary N) is 1. The summed E-state index contributed by atoms with van der Waals surface area (Å²) in [6.45, 7) is 3.93. The molecule has 4 rings (SSSR count). The molecule has 0 spiro atoms. The Kier molecular flexibility index (Phi) is 6.95. The number of anilines is 2. The molecule has 8 heteroatoms. The van der Waals surface area contributed by atoms with Gasteiger partial charge in [-0.2, -0.15) is 0 Å². The van der Waals surface area contributed by atoms with Gasteiger partial charge in [-0.1, -0.05) is 19.1 Å². The van der Waals surface area contributed by atoms with Gasteiger partial charge in [0.1, 0.15) is 5.75 Å². The molecule has 0 bridgehead atoms. The zero-order valence-corrected chi connectivity index (χ0v) is 19.3. The molecule has 34 heavy (non-hydrogen) atoms. The van der Waals surface area contributed by atoms with Crippen LogP contribution < -0.4 is 15.0 Å². The van der Waals surface area contributed by atoms with E-state index in [0.29, 0.717) is 29.6 Å². The summed E-state index contributed by atoms with van der Waals surface area (Å²) in [6.07, 6.45) is 2.41. The number of esters is 1. The van der Waals surface area contributed by atoms with E-state index in [9.17, 15) is 19.2 Å². The molecule has 1 saturated heterocycles. The Balaban J connectivity index is 1.35. The van der Waals surface area contributed by atoms with Crippen LogP contribution in [0, 0.1) is 17.8 Å². The Morgan fingerprint density at radius 2 is 1.71 bits per heavy atom. The lowest BCUT2D eigenvalue weighted by molar-refractivity contribution is -0.122. The Labute approximate surface area is 198 Å². The molecule has 3 atom stereocenters. The van der Waals surface area contributed by atoms with Crippen molar-refractivity contribution in [3.63, 3.8) is 0 Å². The lowest BCUT2D eigenvalue weighted by atomic mass is 9.76. The van der Waals surface area contributed by atoms with Gasteiger partial charge in [-0.15, -0.1) is 0 Å². The smallest absolute Gasteiger partial charge is 0.338 e. The van der Waals surface area contributed by atoms with Gasteiger partial charge in [0, 0.05) is 0 Å². The largest absolute Gasteiger partial charge is 0.492 e. The van der Waals surface area contributed by atoms with E-state index >= 15 is 0 Å². The molecule has 1 aliphatic heterocycles. The SMILES string of the molecule is CCOc1ccccc1NC(=O)COC(=O)c1ccc(N2C(=O)[C@H]3C[C@H](C)CC[C@H]3C2=O)cc1. The molecule has 1 heterocycles. The number of amides is 3. The molecular weight excluding hydrogens is 436 g/mol. The number of ether oxygens (including phenoxy) is 2. The van der Waals surface area contributed by atoms with E-state index in [-0.39, 0.29) is 29.2 Å². The van der Waals surface area contributed by atoms with Crippen molar-refractivity contribution in [1.82, 2.24) is 0 Å². The zero-order chi connectivity index (χ0) is 24.2. The van der Waals surface area contributed by atoms with E-state index in [1.807, 2.05) is 6.92 Å². The fourth-order valence-electron chi connectivity index (χ4n) is 4.64. The van der Waals surface area contributed by atoms with E-state index in [1.54, 1.807) is 36.4 Å². The molecule has 1 saturated carbocycles. The van der Waals surface area contributed by atoms with E-state index in [2.05, 4.69) is 12.2 Å². The number of nitrogens with zero attached hydrogens (tertiary/aromatic N) is 1. The average Bonchev–Trinajstić information content (AvgIpc) is 3.08. The normalized spacial score (nSPS) is 21.7. The highest BCUT2D eigenvalue weighted by atomic mass is 16.5. The molecule has 0 unspecified atom stereocenters. The summed E-state index contributed by atoms with van der Waals surface area (Å²) in [6, 6.07) is 13.1. The standard InChI is InChI=1S/C26H28N2O6/c1-3-33-22-7-5-4-6-21(22)27-23(29)15-34-26(32)17-9-11-18(12-10-17)28-24(30)19-13-8-16(2)14-20(19)25(28)31/h4-7,9-12,16,19-20H,3,8,13-15H2,1-2H3,(H,27,29)/t16-,19-,20+/m1/s1. The van der Waals surface area contributed by atoms with E-state index in [4.69, 9.17) is 9.47 Å². The van der Waals surface area contributed by atoms with Crippen LogP contribution in [-0.2, 0) is 19.1 Å². The predicted octanol–water partition coefficient (Wildman–Crippen LogP) is 3.81. The molecule has 2 aromatic rings. The average molecular weight is 465 g/mol. The molecule has 2 aromatic carbocycles. The Hall–Kier alpha value is -3.68. The molecule has 1 N–H and O–H groups in total. The van der Waals surface area contributed by atoms with Gasteiger partial charge in [-0.05, 0) is 68.5 Å². The second kappa shape index (κ2) is 10.1. The van der Waals surface area contributed by atoms with Gasteiger partial charge in [0.25, 0.3) is 5.91 Å². The van der Waals surface area contributed by atoms with Crippen LogP contribution in [0.3, 0.4) is 0 Å². The monoisotopic (exact) mass is 464 g/mol. The number of carbonyl (C=O) groups is 4. The molecule has 2 fully saturated rings. The topological polar surface area (TPSA) is 102 Å². The molecule has 2 aliphatic rings. The Morgan fingerprint density at radius 1 is 1.00 bits per heavy atom. The minimum Gasteiger partial charge on any atom is -0.492 e. The Bertz CT molecular complexity index is 1100. The van der Waals surface area contributed by atoms with Crippen LogP contribution in [0.4, 0.5) is 11.4 Å². The van der Waals surface area contributed by atoms with Gasteiger partial charge in [-0.25, -0.2) is 4.79 Å². The minimum atomic E-state index is -0.679. The molecule has 0 aromatic heterocycles.